The van der Waals surface area contributed by atoms with Gasteiger partial charge in [0.15, 0.2) is 0 Å². The molecule has 1 amide bonds. The maximum absolute atomic E-state index is 15.2. The van der Waals surface area contributed by atoms with Crippen LogP contribution in [0.5, 0.6) is 0 Å². The maximum atomic E-state index is 15.2. The van der Waals surface area contributed by atoms with E-state index in [1.807, 2.05) is 24.3 Å². The Morgan fingerprint density at radius 2 is 1.89 bits per heavy atom. The second kappa shape index (κ2) is 12.4. The van der Waals surface area contributed by atoms with E-state index in [2.05, 4.69) is 16.9 Å². The summed E-state index contributed by atoms with van der Waals surface area (Å²) in [7, 11) is 1.63. The Morgan fingerprint density at radius 3 is 2.64 bits per heavy atom. The molecule has 3 aromatic carbocycles. The van der Waals surface area contributed by atoms with E-state index in [0.717, 1.165) is 29.5 Å². The van der Waals surface area contributed by atoms with Crippen molar-refractivity contribution >= 4 is 16.8 Å². The van der Waals surface area contributed by atoms with Gasteiger partial charge in [0.25, 0.3) is 11.1 Å². The summed E-state index contributed by atoms with van der Waals surface area (Å²) < 4.78 is 17.9. The van der Waals surface area contributed by atoms with Crippen molar-refractivity contribution in [2.45, 2.75) is 38.2 Å². The molecule has 228 valence electrons. The lowest BCUT2D eigenvalue weighted by molar-refractivity contribution is -0.116. The monoisotopic (exact) mass is 605 g/mol. The number of nitrogens with zero attached hydrogens (tertiary/aromatic N) is 4. The van der Waals surface area contributed by atoms with Crippen LogP contribution < -0.4 is 16.4 Å². The fraction of sp³-hybridized carbons (Fsp3) is 0.229. The highest BCUT2D eigenvalue weighted by molar-refractivity contribution is 5.86. The number of amides is 1. The summed E-state index contributed by atoms with van der Waals surface area (Å²) in [5.41, 5.74) is 4.17. The van der Waals surface area contributed by atoms with Gasteiger partial charge in [-0.3, -0.25) is 19.0 Å². The summed E-state index contributed by atoms with van der Waals surface area (Å²) in [6.45, 7) is 3.46. The molecule has 9 nitrogen and oxygen atoms in total. The highest BCUT2D eigenvalue weighted by Gasteiger charge is 2.26. The fourth-order valence-electron chi connectivity index (χ4n) is 5.65. The quantitative estimate of drug-likeness (QED) is 0.232. The maximum Gasteiger partial charge on any atom is 0.272 e. The summed E-state index contributed by atoms with van der Waals surface area (Å²) in [5.74, 6) is -0.540. The Morgan fingerprint density at radius 1 is 1.11 bits per heavy atom. The zero-order chi connectivity index (χ0) is 31.7. The lowest BCUT2D eigenvalue weighted by Gasteiger charge is -2.16. The molecule has 1 saturated carbocycles. The lowest BCUT2D eigenvalue weighted by atomic mass is 10.0. The molecular weight excluding hydrogens is 573 g/mol. The summed E-state index contributed by atoms with van der Waals surface area (Å²) in [6, 6.07) is 16.1. The number of fused-ring (bicyclic) bond motifs is 1. The first kappa shape index (κ1) is 29.8. The molecule has 2 aromatic heterocycles. The van der Waals surface area contributed by atoms with E-state index in [1.54, 1.807) is 37.5 Å². The number of rotatable bonds is 10. The third-order valence-electron chi connectivity index (χ3n) is 8.13. The molecule has 0 radical (unpaired) electrons. The van der Waals surface area contributed by atoms with E-state index < -0.39 is 18.0 Å². The van der Waals surface area contributed by atoms with E-state index in [9.17, 15) is 19.5 Å². The van der Waals surface area contributed by atoms with Gasteiger partial charge in [-0.15, -0.1) is 0 Å². The highest BCUT2D eigenvalue weighted by Crippen LogP contribution is 2.41. The molecule has 0 saturated heterocycles. The lowest BCUT2D eigenvalue weighted by Crippen LogP contribution is -2.24. The van der Waals surface area contributed by atoms with E-state index in [0.29, 0.717) is 52.6 Å². The van der Waals surface area contributed by atoms with Crippen molar-refractivity contribution in [2.24, 2.45) is 7.05 Å². The molecule has 2 N–H and O–H groups in total. The number of aryl methyl sites for hydroxylation is 1. The van der Waals surface area contributed by atoms with E-state index in [4.69, 9.17) is 4.98 Å². The molecule has 5 aromatic rings. The minimum atomic E-state index is -0.613. The first-order chi connectivity index (χ1) is 21.8. The highest BCUT2D eigenvalue weighted by atomic mass is 19.1. The Bertz CT molecular complexity index is 2080. The number of hydrogen-bond acceptors (Lipinski definition) is 6. The zero-order valence-corrected chi connectivity index (χ0v) is 24.8. The number of carbonyl (C=O) groups excluding carboxylic acids is 1. The van der Waals surface area contributed by atoms with Gasteiger partial charge in [-0.2, -0.15) is 0 Å². The third-order valence-corrected chi connectivity index (χ3v) is 8.13. The van der Waals surface area contributed by atoms with Gasteiger partial charge in [0.2, 0.25) is 5.91 Å². The average Bonchev–Trinajstić information content (AvgIpc) is 3.89. The number of carbonyl (C=O) groups is 1. The number of benzene rings is 3. The predicted octanol–water partition coefficient (Wildman–Crippen LogP) is 4.09. The largest absolute Gasteiger partial charge is 0.392 e. The Labute approximate surface area is 258 Å². The van der Waals surface area contributed by atoms with Gasteiger partial charge in [0.05, 0.1) is 23.5 Å². The van der Waals surface area contributed by atoms with Gasteiger partial charge in [-0.25, -0.2) is 14.4 Å². The van der Waals surface area contributed by atoms with Gasteiger partial charge in [0.1, 0.15) is 23.2 Å². The molecule has 1 aliphatic rings. The van der Waals surface area contributed by atoms with E-state index in [1.165, 1.54) is 27.6 Å². The van der Waals surface area contributed by atoms with Gasteiger partial charge in [-0.1, -0.05) is 43.0 Å². The number of nitrogens with one attached hydrogen (secondary N) is 1. The van der Waals surface area contributed by atoms with E-state index in [-0.39, 0.29) is 23.3 Å². The fourth-order valence-corrected chi connectivity index (χ4v) is 5.65. The first-order valence-electron chi connectivity index (χ1n) is 14.8. The third kappa shape index (κ3) is 6.09. The van der Waals surface area contributed by atoms with Crippen LogP contribution in [-0.2, 0) is 31.3 Å². The summed E-state index contributed by atoms with van der Waals surface area (Å²) in [6.07, 6.45) is 7.04. The normalized spacial score (nSPS) is 12.8. The molecule has 45 heavy (non-hydrogen) atoms. The standard InChI is InChI=1S/C35H32FN5O4/c1-3-32(43)37-13-12-21-6-4-7-22(14-21)15-29-34(44)40(2)18-30(39-29)25-8-5-9-31(26(25)19-42)41-20-38-28-17-24(23-10-11-23)16-27(36)33(28)35(41)45/h3-9,14,16-18,20,23,42H,1,10-13,15,19H2,2H3,(H,37,43). The van der Waals surface area contributed by atoms with Crippen LogP contribution in [0.15, 0.2) is 89.4 Å². The zero-order valence-electron chi connectivity index (χ0n) is 24.8. The topological polar surface area (TPSA) is 119 Å². The molecule has 0 atom stereocenters. The number of aromatic nitrogens is 4. The molecule has 1 aliphatic carbocycles. The predicted molar refractivity (Wildman–Crippen MR) is 170 cm³/mol. The van der Waals surface area contributed by atoms with Gasteiger partial charge in [0, 0.05) is 37.3 Å². The summed E-state index contributed by atoms with van der Waals surface area (Å²) in [4.78, 5) is 47.3. The van der Waals surface area contributed by atoms with Crippen LogP contribution in [0.1, 0.15) is 46.7 Å². The second-order valence-electron chi connectivity index (χ2n) is 11.3. The van der Waals surface area contributed by atoms with Crippen molar-refractivity contribution in [3.05, 3.63) is 134 Å². The van der Waals surface area contributed by atoms with Crippen LogP contribution in [-0.4, -0.2) is 36.7 Å². The van der Waals surface area contributed by atoms with Crippen molar-refractivity contribution in [1.82, 2.24) is 24.4 Å². The van der Waals surface area contributed by atoms with Gasteiger partial charge < -0.3 is 15.0 Å². The van der Waals surface area contributed by atoms with Crippen LogP contribution in [0.4, 0.5) is 4.39 Å². The minimum Gasteiger partial charge on any atom is -0.392 e. The summed E-state index contributed by atoms with van der Waals surface area (Å²) >= 11 is 0. The van der Waals surface area contributed by atoms with Gasteiger partial charge >= 0.3 is 0 Å². The van der Waals surface area contributed by atoms with Crippen LogP contribution in [0.3, 0.4) is 0 Å². The van der Waals surface area contributed by atoms with Crippen LogP contribution >= 0.6 is 0 Å². The van der Waals surface area contributed by atoms with Crippen LogP contribution in [0, 0.1) is 5.82 Å². The Hall–Kier alpha value is -5.22. The number of hydrogen-bond donors (Lipinski definition) is 2. The number of aliphatic hydroxyl groups is 1. The molecule has 1 fully saturated rings. The second-order valence-corrected chi connectivity index (χ2v) is 11.3. The molecule has 0 unspecified atom stereocenters. The van der Waals surface area contributed by atoms with Crippen LogP contribution in [0.25, 0.3) is 27.8 Å². The van der Waals surface area contributed by atoms with Crippen molar-refractivity contribution in [1.29, 1.82) is 0 Å². The molecule has 0 spiro atoms. The number of aliphatic hydroxyl groups excluding tert-OH is 1. The molecule has 6 rings (SSSR count). The molecule has 2 heterocycles. The molecule has 0 aliphatic heterocycles. The Kier molecular flexibility index (Phi) is 8.23. The van der Waals surface area contributed by atoms with Crippen molar-refractivity contribution in [3.8, 4) is 16.9 Å². The SMILES string of the molecule is C=CC(=O)NCCc1cccc(Cc2nc(-c3cccc(-n4cnc5cc(C6CC6)cc(F)c5c4=O)c3CO)cn(C)c2=O)c1. The van der Waals surface area contributed by atoms with Gasteiger partial charge in [-0.05, 0) is 66.1 Å². The molecular formula is C35H32FN5O4. The van der Waals surface area contributed by atoms with E-state index >= 15 is 4.39 Å². The number of halogens is 1. The smallest absolute Gasteiger partial charge is 0.272 e. The summed E-state index contributed by atoms with van der Waals surface area (Å²) in [5, 5.41) is 13.2. The molecule has 10 heteroatoms. The van der Waals surface area contributed by atoms with Crippen molar-refractivity contribution in [3.63, 3.8) is 0 Å². The van der Waals surface area contributed by atoms with Crippen molar-refractivity contribution < 1.29 is 14.3 Å². The van der Waals surface area contributed by atoms with Crippen molar-refractivity contribution in [2.75, 3.05) is 6.54 Å². The average molecular weight is 606 g/mol. The Balaban J connectivity index is 1.36. The minimum absolute atomic E-state index is 0.107. The van der Waals surface area contributed by atoms with Crippen LogP contribution in [0.2, 0.25) is 0 Å². The first-order valence-corrected chi connectivity index (χ1v) is 14.8. The molecule has 0 bridgehead atoms.